The topological polar surface area (TPSA) is 198 Å². The molecule has 1 saturated heterocycles. The number of carbonyl (C=O) groups excluding carboxylic acids is 4. The molecule has 4 amide bonds. The number of likely N-dealkylation sites (N-methyl/N-ethyl adjacent to an activating group) is 1. The largest absolute Gasteiger partial charge is 0.480 e. The van der Waals surface area contributed by atoms with Gasteiger partial charge in [0.05, 0.1) is 0 Å². The third kappa shape index (κ3) is 10.8. The second kappa shape index (κ2) is 18.7. The molecule has 3 aromatic carbocycles. The number of hydrogen-bond acceptors (Lipinski definition) is 8. The predicted molar refractivity (Wildman–Crippen MR) is 188 cm³/mol. The Morgan fingerprint density at radius 2 is 1.35 bits per heavy atom. The zero-order chi connectivity index (χ0) is 36.8. The minimum absolute atomic E-state index is 0.0130. The summed E-state index contributed by atoms with van der Waals surface area (Å²) in [6.07, 6.45) is -1.28. The number of ether oxygens (including phenoxy) is 2. The number of imide groups is 1. The first-order chi connectivity index (χ1) is 24.6. The molecule has 270 valence electrons. The molecule has 1 heterocycles. The molecule has 14 heteroatoms. The van der Waals surface area contributed by atoms with E-state index in [-0.39, 0.29) is 57.9 Å². The van der Waals surface area contributed by atoms with Crippen LogP contribution in [0.5, 0.6) is 0 Å². The van der Waals surface area contributed by atoms with Crippen LogP contribution in [-0.2, 0) is 43.5 Å². The maximum absolute atomic E-state index is 14.4. The fourth-order valence-corrected chi connectivity index (χ4v) is 5.83. The number of nitrogens with two attached hydrogens (primary N) is 2. The molecular formula is C37H44N6O8. The van der Waals surface area contributed by atoms with Gasteiger partial charge in [0.2, 0.25) is 5.91 Å². The molecule has 3 atom stereocenters. The van der Waals surface area contributed by atoms with Gasteiger partial charge in [0, 0.05) is 26.6 Å². The van der Waals surface area contributed by atoms with Gasteiger partial charge in [-0.1, -0.05) is 91.0 Å². The summed E-state index contributed by atoms with van der Waals surface area (Å²) in [5.74, 6) is -3.08. The van der Waals surface area contributed by atoms with E-state index in [1.807, 2.05) is 60.7 Å². The highest BCUT2D eigenvalue weighted by molar-refractivity contribution is 6.01. The van der Waals surface area contributed by atoms with Crippen molar-refractivity contribution in [1.82, 2.24) is 14.7 Å². The van der Waals surface area contributed by atoms with Crippen LogP contribution in [0.3, 0.4) is 0 Å². The number of carbonyl (C=O) groups is 5. The monoisotopic (exact) mass is 700 g/mol. The second-order valence-corrected chi connectivity index (χ2v) is 12.1. The minimum Gasteiger partial charge on any atom is -0.480 e. The van der Waals surface area contributed by atoms with E-state index in [2.05, 4.69) is 4.99 Å². The molecule has 1 fully saturated rings. The summed E-state index contributed by atoms with van der Waals surface area (Å²) in [5.41, 5.74) is 13.0. The fraction of sp³-hybridized carbons (Fsp3) is 0.351. The summed E-state index contributed by atoms with van der Waals surface area (Å²) in [7, 11) is 1.45. The summed E-state index contributed by atoms with van der Waals surface area (Å²) in [4.78, 5) is 75.2. The minimum atomic E-state index is -1.64. The Bertz CT molecular complexity index is 1650. The Balaban J connectivity index is 1.60. The van der Waals surface area contributed by atoms with E-state index in [0.29, 0.717) is 16.9 Å². The number of amides is 4. The van der Waals surface area contributed by atoms with Crippen molar-refractivity contribution in [3.05, 3.63) is 108 Å². The number of benzene rings is 3. The molecule has 51 heavy (non-hydrogen) atoms. The van der Waals surface area contributed by atoms with Crippen molar-refractivity contribution in [3.8, 4) is 0 Å². The van der Waals surface area contributed by atoms with Gasteiger partial charge in [0.1, 0.15) is 31.3 Å². The van der Waals surface area contributed by atoms with Gasteiger partial charge < -0.3 is 30.9 Å². The van der Waals surface area contributed by atoms with Gasteiger partial charge in [-0.05, 0) is 42.4 Å². The van der Waals surface area contributed by atoms with Crippen molar-refractivity contribution in [2.45, 2.75) is 63.4 Å². The van der Waals surface area contributed by atoms with E-state index in [1.54, 1.807) is 30.3 Å². The number of guanidine groups is 1. The maximum atomic E-state index is 14.4. The summed E-state index contributed by atoms with van der Waals surface area (Å²) in [6, 6.07) is 23.0. The number of carboxylic acids is 1. The van der Waals surface area contributed by atoms with Crippen molar-refractivity contribution in [2.75, 3.05) is 20.1 Å². The molecule has 0 radical (unpaired) electrons. The lowest BCUT2D eigenvalue weighted by Gasteiger charge is -2.35. The highest BCUT2D eigenvalue weighted by atomic mass is 16.6. The number of aliphatic imine (C=N–C) groups is 1. The fourth-order valence-electron chi connectivity index (χ4n) is 5.83. The van der Waals surface area contributed by atoms with Crippen LogP contribution in [0.1, 0.15) is 42.4 Å². The number of likely N-dealkylation sites (tertiary alicyclic amines) is 1. The quantitative estimate of drug-likeness (QED) is 0.120. The number of aliphatic carboxylic acids is 1. The van der Waals surface area contributed by atoms with E-state index in [4.69, 9.17) is 20.9 Å². The molecule has 3 aromatic rings. The summed E-state index contributed by atoms with van der Waals surface area (Å²) >= 11 is 0. The van der Waals surface area contributed by atoms with Crippen LogP contribution < -0.4 is 11.5 Å². The lowest BCUT2D eigenvalue weighted by molar-refractivity contribution is -0.153. The Hall–Kier alpha value is -5.92. The van der Waals surface area contributed by atoms with Gasteiger partial charge in [-0.25, -0.2) is 19.3 Å². The molecule has 1 aliphatic rings. The molecular weight excluding hydrogens is 656 g/mol. The average Bonchev–Trinajstić information content (AvgIpc) is 3.64. The summed E-state index contributed by atoms with van der Waals surface area (Å²) in [5, 5.41) is 10.2. The van der Waals surface area contributed by atoms with E-state index in [0.717, 1.165) is 11.1 Å². The normalized spacial score (nSPS) is 14.8. The molecule has 4 rings (SSSR count). The number of hydrogen-bond donors (Lipinski definition) is 3. The standard InChI is InChI=1S/C37H44N6O8/c1-41(36(48)50-24-27-15-7-3-8-16-27)31(23-26-13-5-2-6-14-26)32(44)42-22-12-20-29(42)33(45)43(30(34(46)47)19-11-21-40-35(38)39)37(49)51-25-28-17-9-4-10-18-28/h2-10,13-18,29-31H,11-12,19-25H2,1H3,(H,46,47)(H4,38,39,40)/t29-,30-,31+/m0/s1. The van der Waals surface area contributed by atoms with Crippen LogP contribution in [0.25, 0.3) is 0 Å². The predicted octanol–water partition coefficient (Wildman–Crippen LogP) is 3.53. The lowest BCUT2D eigenvalue weighted by atomic mass is 10.0. The summed E-state index contributed by atoms with van der Waals surface area (Å²) in [6.45, 7) is -0.0231. The maximum Gasteiger partial charge on any atom is 0.417 e. The third-order valence-electron chi connectivity index (χ3n) is 8.50. The molecule has 0 bridgehead atoms. The molecule has 0 aliphatic carbocycles. The van der Waals surface area contributed by atoms with Gasteiger partial charge in [-0.15, -0.1) is 0 Å². The Morgan fingerprint density at radius 3 is 1.88 bits per heavy atom. The van der Waals surface area contributed by atoms with Crippen LogP contribution in [0.2, 0.25) is 0 Å². The zero-order valence-corrected chi connectivity index (χ0v) is 28.5. The van der Waals surface area contributed by atoms with Crippen LogP contribution in [-0.4, -0.2) is 94.0 Å². The molecule has 0 unspecified atom stereocenters. The van der Waals surface area contributed by atoms with E-state index in [9.17, 15) is 29.1 Å². The van der Waals surface area contributed by atoms with Gasteiger partial charge in [0.15, 0.2) is 5.96 Å². The van der Waals surface area contributed by atoms with Gasteiger partial charge >= 0.3 is 18.2 Å². The molecule has 5 N–H and O–H groups in total. The smallest absolute Gasteiger partial charge is 0.417 e. The highest BCUT2D eigenvalue weighted by Crippen LogP contribution is 2.26. The Labute approximate surface area is 296 Å². The number of nitrogens with zero attached hydrogens (tertiary/aromatic N) is 4. The van der Waals surface area contributed by atoms with Crippen LogP contribution in [0, 0.1) is 0 Å². The first kappa shape index (κ1) is 37.9. The van der Waals surface area contributed by atoms with E-state index in [1.165, 1.54) is 16.8 Å². The molecule has 1 aliphatic heterocycles. The van der Waals surface area contributed by atoms with Gasteiger partial charge in [0.25, 0.3) is 5.91 Å². The zero-order valence-electron chi connectivity index (χ0n) is 28.5. The summed E-state index contributed by atoms with van der Waals surface area (Å²) < 4.78 is 11.0. The molecule has 0 spiro atoms. The van der Waals surface area contributed by atoms with Crippen molar-refractivity contribution in [2.24, 2.45) is 16.5 Å². The number of carboxylic acid groups (broad SMARTS) is 1. The van der Waals surface area contributed by atoms with Crippen molar-refractivity contribution in [1.29, 1.82) is 0 Å². The van der Waals surface area contributed by atoms with Crippen molar-refractivity contribution >= 4 is 35.9 Å². The van der Waals surface area contributed by atoms with Crippen LogP contribution in [0.15, 0.2) is 96.0 Å². The number of rotatable bonds is 15. The molecule has 0 saturated carbocycles. The third-order valence-corrected chi connectivity index (χ3v) is 8.50. The van der Waals surface area contributed by atoms with E-state index < -0.39 is 48.1 Å². The Kier molecular flexibility index (Phi) is 13.9. The Morgan fingerprint density at radius 1 is 0.824 bits per heavy atom. The molecule has 0 aromatic heterocycles. The molecule has 14 nitrogen and oxygen atoms in total. The van der Waals surface area contributed by atoms with Crippen LogP contribution >= 0.6 is 0 Å². The highest BCUT2D eigenvalue weighted by Gasteiger charge is 2.46. The van der Waals surface area contributed by atoms with Crippen LogP contribution in [0.4, 0.5) is 9.59 Å². The van der Waals surface area contributed by atoms with Crippen molar-refractivity contribution in [3.63, 3.8) is 0 Å². The first-order valence-electron chi connectivity index (χ1n) is 16.7. The second-order valence-electron chi connectivity index (χ2n) is 12.1. The van der Waals surface area contributed by atoms with Crippen molar-refractivity contribution < 1.29 is 38.6 Å². The van der Waals surface area contributed by atoms with E-state index >= 15 is 0 Å². The van der Waals surface area contributed by atoms with Gasteiger partial charge in [-0.3, -0.25) is 19.5 Å². The van der Waals surface area contributed by atoms with Gasteiger partial charge in [-0.2, -0.15) is 0 Å². The lowest BCUT2D eigenvalue weighted by Crippen LogP contribution is -2.58. The first-order valence-corrected chi connectivity index (χ1v) is 16.7. The average molecular weight is 701 g/mol. The SMILES string of the molecule is CN(C(=O)OCc1ccccc1)[C@H](Cc1ccccc1)C(=O)N1CCC[C@H]1C(=O)N(C(=O)OCc1ccccc1)[C@@H](CCCN=C(N)N)C(=O)O.